The van der Waals surface area contributed by atoms with Gasteiger partial charge in [0.2, 0.25) is 33.2 Å². The fourth-order valence-corrected chi connectivity index (χ4v) is 8.75. The number of carbonyl (C=O) groups excluding carboxylic acids is 5. The Bertz CT molecular complexity index is 2530. The summed E-state index contributed by atoms with van der Waals surface area (Å²) in [5.74, 6) is -1.76. The first-order chi connectivity index (χ1) is 31.7. The van der Waals surface area contributed by atoms with Gasteiger partial charge < -0.3 is 49.9 Å². The number of carbonyl (C=O) groups is 5. The molecule has 4 rings (SSSR count). The third kappa shape index (κ3) is 16.8. The molecule has 4 amide bonds. The number of nitrogens with one attached hydrogen (secondary N) is 6. The van der Waals surface area contributed by atoms with Crippen LogP contribution in [0.2, 0.25) is 0 Å². The summed E-state index contributed by atoms with van der Waals surface area (Å²) in [5.41, 5.74) is 1.75. The molecular weight excluding hydrogens is 887 g/mol. The van der Waals surface area contributed by atoms with Crippen molar-refractivity contribution < 1.29 is 46.6 Å². The highest BCUT2D eigenvalue weighted by Crippen LogP contribution is 2.22. The van der Waals surface area contributed by atoms with Crippen molar-refractivity contribution in [1.82, 2.24) is 40.1 Å². The number of imidazole rings is 1. The number of ether oxygens (including phenoxy) is 3. The second-order valence-electron chi connectivity index (χ2n) is 17.1. The van der Waals surface area contributed by atoms with Crippen LogP contribution in [0.1, 0.15) is 85.5 Å². The Morgan fingerprint density at radius 3 is 2.07 bits per heavy atom. The van der Waals surface area contributed by atoms with Gasteiger partial charge in [-0.15, -0.1) is 0 Å². The van der Waals surface area contributed by atoms with Gasteiger partial charge in [-0.25, -0.2) is 18.2 Å². The third-order valence-corrected chi connectivity index (χ3v) is 12.0. The number of hydrogen-bond acceptors (Lipinski definition) is 13. The van der Waals surface area contributed by atoms with Gasteiger partial charge in [-0.3, -0.25) is 24.0 Å². The number of aromatic nitrogens is 3. The van der Waals surface area contributed by atoms with E-state index in [0.29, 0.717) is 74.7 Å². The highest BCUT2D eigenvalue weighted by atomic mass is 32.2. The molecule has 2 aromatic carbocycles. The number of fused-ring (bicyclic) bond motifs is 1. The first kappa shape index (κ1) is 53.3. The Hall–Kier alpha value is -6.32. The summed E-state index contributed by atoms with van der Waals surface area (Å²) in [6.45, 7) is 12.5. The van der Waals surface area contributed by atoms with Crippen LogP contribution in [-0.2, 0) is 58.8 Å². The Morgan fingerprint density at radius 2 is 1.48 bits per heavy atom. The van der Waals surface area contributed by atoms with Gasteiger partial charge in [-0.1, -0.05) is 23.8 Å². The van der Waals surface area contributed by atoms with Crippen molar-refractivity contribution in [3.05, 3.63) is 87.0 Å². The van der Waals surface area contributed by atoms with Gasteiger partial charge in [-0.05, 0) is 89.6 Å². The van der Waals surface area contributed by atoms with Crippen molar-refractivity contribution in [3.8, 4) is 0 Å². The molecule has 20 nitrogen and oxygen atoms in total. The van der Waals surface area contributed by atoms with Crippen LogP contribution >= 0.6 is 0 Å². The second-order valence-corrected chi connectivity index (χ2v) is 18.7. The van der Waals surface area contributed by atoms with Crippen LogP contribution in [0.4, 0.5) is 10.7 Å². The number of sulfonamides is 1. The van der Waals surface area contributed by atoms with Crippen molar-refractivity contribution in [1.29, 1.82) is 0 Å². The SMILES string of the molecule is COC(=O)[C@H](CNC(=O)c1cn(CCCNC(=O)CCC(=O)NCCCOCCCNC(=O)OC(C)(C)C)c2cc(CNc3nccn3C)ccc2c1=O)NS(=O)(=O)c1c(C)cc(C)cc1C. The summed E-state index contributed by atoms with van der Waals surface area (Å²) >= 11 is 0. The molecule has 0 fully saturated rings. The molecule has 0 saturated heterocycles. The standard InChI is InChI=1S/C46H65N9O11S/c1-30-24-31(2)41(32(3)25-30)67(62,63)53-36(43(60)64-8)28-51-42(59)35-29-55(37-26-33(12-13-34(37)40(35)58)27-52-44-49-19-21-54(44)7)20-9-16-47-38(56)14-15-39(57)48-17-10-22-65-23-11-18-50-45(61)66-46(4,5)6/h12-13,19,21,24-26,29,36,53H,9-11,14-18,20,22-23,27-28H2,1-8H3,(H,47,56)(H,48,57)(H,49,52)(H,50,61)(H,51,59)/t36-/m0/s1. The van der Waals surface area contributed by atoms with E-state index in [4.69, 9.17) is 14.2 Å². The minimum absolute atomic E-state index is 0.000991. The summed E-state index contributed by atoms with van der Waals surface area (Å²) in [5, 5.41) is 14.3. The Kier molecular flexibility index (Phi) is 19.9. The van der Waals surface area contributed by atoms with Crippen LogP contribution in [0.3, 0.4) is 0 Å². The molecule has 0 spiro atoms. The number of amides is 4. The minimum atomic E-state index is -4.26. The van der Waals surface area contributed by atoms with E-state index in [1.165, 1.54) is 6.20 Å². The number of benzene rings is 2. The first-order valence-electron chi connectivity index (χ1n) is 22.1. The van der Waals surface area contributed by atoms with E-state index in [1.54, 1.807) is 75.8 Å². The van der Waals surface area contributed by atoms with Crippen molar-refractivity contribution >= 4 is 56.7 Å². The smallest absolute Gasteiger partial charge is 0.407 e. The average Bonchev–Trinajstić information content (AvgIpc) is 3.67. The van der Waals surface area contributed by atoms with Crippen molar-refractivity contribution in [2.75, 3.05) is 51.8 Å². The Balaban J connectivity index is 1.35. The zero-order valence-electron chi connectivity index (χ0n) is 39.6. The van der Waals surface area contributed by atoms with Gasteiger partial charge in [0.1, 0.15) is 17.2 Å². The van der Waals surface area contributed by atoms with Crippen LogP contribution in [0.25, 0.3) is 10.9 Å². The number of esters is 1. The topological polar surface area (TPSA) is 259 Å². The Morgan fingerprint density at radius 1 is 0.851 bits per heavy atom. The largest absolute Gasteiger partial charge is 0.468 e. The number of pyridine rings is 1. The molecule has 2 aromatic heterocycles. The van der Waals surface area contributed by atoms with Crippen LogP contribution in [0.5, 0.6) is 0 Å². The zero-order valence-corrected chi connectivity index (χ0v) is 40.4. The van der Waals surface area contributed by atoms with Gasteiger partial charge in [0.05, 0.1) is 17.5 Å². The normalized spacial score (nSPS) is 12.0. The fraction of sp³-hybridized carbons (Fsp3) is 0.500. The first-order valence-corrected chi connectivity index (χ1v) is 23.6. The van der Waals surface area contributed by atoms with E-state index in [-0.39, 0.29) is 53.6 Å². The molecule has 0 unspecified atom stereocenters. The molecule has 1 atom stereocenters. The van der Waals surface area contributed by atoms with Gasteiger partial charge >= 0.3 is 12.1 Å². The van der Waals surface area contributed by atoms with Gasteiger partial charge in [0.25, 0.3) is 5.91 Å². The predicted octanol–water partition coefficient (Wildman–Crippen LogP) is 3.25. The molecule has 0 saturated carbocycles. The number of nitrogens with zero attached hydrogens (tertiary/aromatic N) is 3. The molecule has 0 bridgehead atoms. The van der Waals surface area contributed by atoms with Gasteiger partial charge in [-0.2, -0.15) is 4.72 Å². The quantitative estimate of drug-likeness (QED) is 0.0413. The summed E-state index contributed by atoms with van der Waals surface area (Å²) in [6, 6.07) is 7.08. The molecule has 21 heteroatoms. The summed E-state index contributed by atoms with van der Waals surface area (Å²) < 4.78 is 48.6. The average molecular weight is 952 g/mol. The van der Waals surface area contributed by atoms with E-state index in [2.05, 4.69) is 36.3 Å². The highest BCUT2D eigenvalue weighted by Gasteiger charge is 2.30. The van der Waals surface area contributed by atoms with Gasteiger partial charge in [0, 0.05) is 96.3 Å². The number of aryl methyl sites for hydroxylation is 5. The van der Waals surface area contributed by atoms with E-state index < -0.39 is 51.6 Å². The molecule has 4 aromatic rings. The maximum Gasteiger partial charge on any atom is 0.407 e. The second kappa shape index (κ2) is 25.0. The van der Waals surface area contributed by atoms with Crippen molar-refractivity contribution in [2.24, 2.45) is 7.05 Å². The number of hydrogen-bond donors (Lipinski definition) is 6. The van der Waals surface area contributed by atoms with E-state index in [0.717, 1.165) is 18.2 Å². The molecule has 6 N–H and O–H groups in total. The lowest BCUT2D eigenvalue weighted by Gasteiger charge is -2.20. The van der Waals surface area contributed by atoms with E-state index in [1.807, 2.05) is 24.6 Å². The molecule has 0 aliphatic rings. The zero-order chi connectivity index (χ0) is 49.3. The number of alkyl carbamates (subject to hydrolysis) is 1. The highest BCUT2D eigenvalue weighted by molar-refractivity contribution is 7.89. The molecule has 0 aliphatic carbocycles. The monoisotopic (exact) mass is 951 g/mol. The van der Waals surface area contributed by atoms with E-state index >= 15 is 0 Å². The molecular formula is C46H65N9O11S. The van der Waals surface area contributed by atoms with Crippen LogP contribution in [-0.4, -0.2) is 110 Å². The van der Waals surface area contributed by atoms with Crippen molar-refractivity contribution in [2.45, 2.75) is 103 Å². The number of methoxy groups -OCH3 is 1. The molecule has 366 valence electrons. The lowest BCUT2D eigenvalue weighted by atomic mass is 10.1. The summed E-state index contributed by atoms with van der Waals surface area (Å²) in [6.07, 6.45) is 5.90. The van der Waals surface area contributed by atoms with Crippen LogP contribution < -0.4 is 36.7 Å². The number of rotatable bonds is 25. The fourth-order valence-electron chi connectivity index (χ4n) is 7.12. The third-order valence-electron chi connectivity index (χ3n) is 10.2. The van der Waals surface area contributed by atoms with Crippen LogP contribution in [0.15, 0.2) is 58.6 Å². The lowest BCUT2D eigenvalue weighted by molar-refractivity contribution is -0.142. The molecule has 67 heavy (non-hydrogen) atoms. The predicted molar refractivity (Wildman–Crippen MR) is 252 cm³/mol. The summed E-state index contributed by atoms with van der Waals surface area (Å²) in [7, 11) is -1.32. The maximum atomic E-state index is 13.9. The van der Waals surface area contributed by atoms with Gasteiger partial charge in [0.15, 0.2) is 0 Å². The molecule has 0 aliphatic heterocycles. The maximum absolute atomic E-state index is 13.9. The molecule has 2 heterocycles. The summed E-state index contributed by atoms with van der Waals surface area (Å²) in [4.78, 5) is 81.5. The molecule has 0 radical (unpaired) electrons. The van der Waals surface area contributed by atoms with E-state index in [9.17, 15) is 37.2 Å². The number of anilines is 1. The Labute approximate surface area is 391 Å². The van der Waals surface area contributed by atoms with Crippen molar-refractivity contribution in [3.63, 3.8) is 0 Å². The minimum Gasteiger partial charge on any atom is -0.468 e. The lowest BCUT2D eigenvalue weighted by Crippen LogP contribution is -2.49. The van der Waals surface area contributed by atoms with Crippen LogP contribution in [0, 0.1) is 20.8 Å².